The van der Waals surface area contributed by atoms with E-state index in [0.29, 0.717) is 30.8 Å². The number of imidazole rings is 1. The molecule has 0 fully saturated rings. The van der Waals surface area contributed by atoms with Crippen molar-refractivity contribution in [2.24, 2.45) is 0 Å². The van der Waals surface area contributed by atoms with Crippen molar-refractivity contribution < 1.29 is 14.0 Å². The zero-order valence-corrected chi connectivity index (χ0v) is 30.8. The van der Waals surface area contributed by atoms with Crippen LogP contribution in [0.25, 0.3) is 39.3 Å². The molecular weight excluding hydrogens is 700 g/mol. The topological polar surface area (TPSA) is 93.3 Å². The van der Waals surface area contributed by atoms with Crippen LogP contribution >= 0.6 is 0 Å². The van der Waals surface area contributed by atoms with E-state index in [-0.39, 0.29) is 17.6 Å². The van der Waals surface area contributed by atoms with Gasteiger partial charge in [-0.3, -0.25) is 18.7 Å². The highest BCUT2D eigenvalue weighted by Crippen LogP contribution is 2.43. The van der Waals surface area contributed by atoms with Gasteiger partial charge in [0.25, 0.3) is 5.91 Å². The third kappa shape index (κ3) is 6.98. The minimum atomic E-state index is -0.861. The van der Waals surface area contributed by atoms with Crippen LogP contribution in [-0.2, 0) is 10.3 Å². The van der Waals surface area contributed by atoms with Gasteiger partial charge in [0.2, 0.25) is 5.91 Å². The van der Waals surface area contributed by atoms with Crippen LogP contribution in [0.5, 0.6) is 0 Å². The Balaban J connectivity index is 1.24. The largest absolute Gasteiger partial charge is 0.356 e. The number of benzene rings is 5. The van der Waals surface area contributed by atoms with E-state index in [1.165, 1.54) is 19.1 Å². The molecule has 0 radical (unpaired) electrons. The normalized spacial score (nSPS) is 11.4. The number of hydrogen-bond acceptors (Lipinski definition) is 4. The van der Waals surface area contributed by atoms with Gasteiger partial charge in [-0.05, 0) is 71.6 Å². The van der Waals surface area contributed by atoms with Crippen molar-refractivity contribution in [3.05, 3.63) is 198 Å². The maximum atomic E-state index is 14.3. The molecule has 0 spiro atoms. The molecular formula is C47H39FN6O2. The third-order valence-electron chi connectivity index (χ3n) is 10.0. The molecule has 3 aromatic heterocycles. The molecule has 0 saturated heterocycles. The molecule has 8 rings (SSSR count). The standard InChI is InChI=1S/C47H39FN6O2/c1-33(55)49-28-11-29-50-46(56)36-20-18-34(19-21-36)43-30-51-44-27-24-37(31-53(43)44)42-32-54(52-45(42)35-22-25-41(48)26-23-35)47(38-12-5-2-6-13-38,39-14-7-3-8-15-39)40-16-9-4-10-17-40/h2-10,12-27,30-32H,11,28-29H2,1H3,(H,49,55)(H,50,56). The summed E-state index contributed by atoms with van der Waals surface area (Å²) in [5.41, 5.74) is 8.51. The van der Waals surface area contributed by atoms with Crippen LogP contribution in [0.4, 0.5) is 4.39 Å². The summed E-state index contributed by atoms with van der Waals surface area (Å²) in [5, 5.41) is 11.1. The van der Waals surface area contributed by atoms with Crippen molar-refractivity contribution in [1.29, 1.82) is 0 Å². The van der Waals surface area contributed by atoms with Gasteiger partial charge in [-0.25, -0.2) is 9.37 Å². The number of carbonyl (C=O) groups excluding carboxylic acids is 2. The van der Waals surface area contributed by atoms with E-state index < -0.39 is 5.54 Å². The van der Waals surface area contributed by atoms with Gasteiger partial charge < -0.3 is 10.6 Å². The fourth-order valence-electron chi connectivity index (χ4n) is 7.32. The number of nitrogens with zero attached hydrogens (tertiary/aromatic N) is 4. The molecule has 0 bridgehead atoms. The van der Waals surface area contributed by atoms with Crippen LogP contribution in [0.15, 0.2) is 170 Å². The zero-order chi connectivity index (χ0) is 38.5. The number of hydrogen-bond donors (Lipinski definition) is 2. The second-order valence-corrected chi connectivity index (χ2v) is 13.6. The van der Waals surface area contributed by atoms with Crippen molar-refractivity contribution in [3.8, 4) is 33.6 Å². The predicted molar refractivity (Wildman–Crippen MR) is 217 cm³/mol. The quantitative estimate of drug-likeness (QED) is 0.0969. The Kier molecular flexibility index (Phi) is 10.1. The summed E-state index contributed by atoms with van der Waals surface area (Å²) in [6, 6.07) is 49.0. The molecule has 0 saturated carbocycles. The lowest BCUT2D eigenvalue weighted by Gasteiger charge is -2.36. The molecule has 0 aliphatic rings. The van der Waals surface area contributed by atoms with Gasteiger partial charge in [0.1, 0.15) is 22.7 Å². The summed E-state index contributed by atoms with van der Waals surface area (Å²) in [6.45, 7) is 2.43. The second kappa shape index (κ2) is 15.7. The molecule has 0 aliphatic carbocycles. The highest BCUT2D eigenvalue weighted by atomic mass is 19.1. The summed E-state index contributed by atoms with van der Waals surface area (Å²) >= 11 is 0. The molecule has 56 heavy (non-hydrogen) atoms. The Morgan fingerprint density at radius 2 is 1.20 bits per heavy atom. The number of aromatic nitrogens is 4. The van der Waals surface area contributed by atoms with Crippen LogP contribution in [0.3, 0.4) is 0 Å². The number of amides is 2. The number of fused-ring (bicyclic) bond motifs is 1. The molecule has 2 amide bonds. The highest BCUT2D eigenvalue weighted by Gasteiger charge is 2.40. The zero-order valence-electron chi connectivity index (χ0n) is 30.8. The van der Waals surface area contributed by atoms with E-state index in [4.69, 9.17) is 10.1 Å². The van der Waals surface area contributed by atoms with Crippen LogP contribution in [0.2, 0.25) is 0 Å². The molecule has 2 N–H and O–H groups in total. The summed E-state index contributed by atoms with van der Waals surface area (Å²) < 4.78 is 18.4. The average Bonchev–Trinajstić information content (AvgIpc) is 3.88. The van der Waals surface area contributed by atoms with Gasteiger partial charge in [-0.2, -0.15) is 5.10 Å². The van der Waals surface area contributed by atoms with Gasteiger partial charge in [0, 0.05) is 60.2 Å². The lowest BCUT2D eigenvalue weighted by atomic mass is 9.77. The van der Waals surface area contributed by atoms with Crippen LogP contribution in [0.1, 0.15) is 40.4 Å². The average molecular weight is 739 g/mol. The van der Waals surface area contributed by atoms with E-state index >= 15 is 0 Å². The van der Waals surface area contributed by atoms with Crippen molar-refractivity contribution >= 4 is 17.5 Å². The van der Waals surface area contributed by atoms with E-state index in [1.807, 2.05) is 94.1 Å². The molecule has 0 unspecified atom stereocenters. The van der Waals surface area contributed by atoms with Crippen molar-refractivity contribution in [2.75, 3.05) is 13.1 Å². The first kappa shape index (κ1) is 35.9. The third-order valence-corrected chi connectivity index (χ3v) is 10.0. The van der Waals surface area contributed by atoms with Gasteiger partial charge in [-0.15, -0.1) is 0 Å². The predicted octanol–water partition coefficient (Wildman–Crippen LogP) is 8.77. The van der Waals surface area contributed by atoms with Crippen LogP contribution in [0, 0.1) is 5.82 Å². The van der Waals surface area contributed by atoms with E-state index in [1.54, 1.807) is 24.3 Å². The number of carbonyl (C=O) groups is 2. The number of nitrogens with one attached hydrogen (secondary N) is 2. The van der Waals surface area contributed by atoms with Gasteiger partial charge in [-0.1, -0.05) is 103 Å². The van der Waals surface area contributed by atoms with Crippen molar-refractivity contribution in [1.82, 2.24) is 29.8 Å². The maximum absolute atomic E-state index is 14.3. The van der Waals surface area contributed by atoms with E-state index in [9.17, 15) is 14.0 Å². The second-order valence-electron chi connectivity index (χ2n) is 13.6. The molecule has 5 aromatic carbocycles. The lowest BCUT2D eigenvalue weighted by molar-refractivity contribution is -0.118. The summed E-state index contributed by atoms with van der Waals surface area (Å²) in [7, 11) is 0. The Bertz CT molecular complexity index is 2510. The first-order valence-electron chi connectivity index (χ1n) is 18.5. The fourth-order valence-corrected chi connectivity index (χ4v) is 7.32. The first-order chi connectivity index (χ1) is 27.4. The molecule has 276 valence electrons. The molecule has 0 atom stereocenters. The maximum Gasteiger partial charge on any atom is 0.251 e. The molecule has 3 heterocycles. The monoisotopic (exact) mass is 738 g/mol. The minimum Gasteiger partial charge on any atom is -0.356 e. The lowest BCUT2D eigenvalue weighted by Crippen LogP contribution is -2.38. The summed E-state index contributed by atoms with van der Waals surface area (Å²) in [4.78, 5) is 28.6. The Hall–Kier alpha value is -7.13. The number of halogens is 1. The minimum absolute atomic E-state index is 0.0916. The van der Waals surface area contributed by atoms with E-state index in [0.717, 1.165) is 50.3 Å². The van der Waals surface area contributed by atoms with E-state index in [2.05, 4.69) is 59.4 Å². The Labute approximate surface area is 324 Å². The smallest absolute Gasteiger partial charge is 0.251 e. The Morgan fingerprint density at radius 3 is 1.79 bits per heavy atom. The first-order valence-corrected chi connectivity index (χ1v) is 18.5. The van der Waals surface area contributed by atoms with Crippen molar-refractivity contribution in [2.45, 2.75) is 18.9 Å². The van der Waals surface area contributed by atoms with Gasteiger partial charge in [0.05, 0.1) is 11.9 Å². The fraction of sp³-hybridized carbons (Fsp3) is 0.106. The van der Waals surface area contributed by atoms with Crippen LogP contribution in [-0.4, -0.2) is 44.1 Å². The molecule has 0 aliphatic heterocycles. The van der Waals surface area contributed by atoms with Gasteiger partial charge >= 0.3 is 0 Å². The summed E-state index contributed by atoms with van der Waals surface area (Å²) in [6.07, 6.45) is 6.61. The Morgan fingerprint density at radius 1 is 0.643 bits per heavy atom. The molecule has 8 nitrogen and oxygen atoms in total. The van der Waals surface area contributed by atoms with Crippen molar-refractivity contribution in [3.63, 3.8) is 0 Å². The highest BCUT2D eigenvalue weighted by molar-refractivity contribution is 5.94. The van der Waals surface area contributed by atoms with Crippen LogP contribution < -0.4 is 10.6 Å². The SMILES string of the molecule is CC(=O)NCCCNC(=O)c1ccc(-c2cnc3ccc(-c4cn(C(c5ccccc5)(c5ccccc5)c5ccccc5)nc4-c4ccc(F)cc4)cn23)cc1. The number of rotatable bonds is 12. The number of pyridine rings is 1. The molecule has 8 aromatic rings. The van der Waals surface area contributed by atoms with Gasteiger partial charge in [0.15, 0.2) is 0 Å². The molecule has 9 heteroatoms. The summed E-state index contributed by atoms with van der Waals surface area (Å²) in [5.74, 6) is -0.592.